The van der Waals surface area contributed by atoms with Crippen LogP contribution in [0, 0.1) is 27.7 Å². The molecule has 3 aromatic rings. The van der Waals surface area contributed by atoms with Crippen LogP contribution in [0.25, 0.3) is 5.82 Å². The Morgan fingerprint density at radius 2 is 1.92 bits per heavy atom. The second kappa shape index (κ2) is 6.17. The van der Waals surface area contributed by atoms with Crippen LogP contribution in [0.1, 0.15) is 33.1 Å². The van der Waals surface area contributed by atoms with Crippen molar-refractivity contribution < 1.29 is 9.32 Å². The van der Waals surface area contributed by atoms with Crippen molar-refractivity contribution in [3.05, 3.63) is 63.6 Å². The molecule has 0 unspecified atom stereocenters. The maximum Gasteiger partial charge on any atom is 0.257 e. The first-order valence-corrected chi connectivity index (χ1v) is 7.94. The number of hydrogen-bond donors (Lipinski definition) is 1. The first kappa shape index (κ1) is 16.3. The Kier molecular flexibility index (Phi) is 4.20. The predicted octanol–water partition coefficient (Wildman–Crippen LogP) is 4.60. The lowest BCUT2D eigenvalue weighted by molar-refractivity contribution is 0.102. The number of halogens is 1. The van der Waals surface area contributed by atoms with Gasteiger partial charge in [0.15, 0.2) is 5.82 Å². The van der Waals surface area contributed by atoms with Gasteiger partial charge in [0.1, 0.15) is 5.76 Å². The molecule has 1 amide bonds. The number of hydrogen-bond acceptors (Lipinski definition) is 3. The summed E-state index contributed by atoms with van der Waals surface area (Å²) < 4.78 is 7.04. The van der Waals surface area contributed by atoms with Gasteiger partial charge in [0, 0.05) is 28.2 Å². The Morgan fingerprint density at radius 3 is 2.54 bits per heavy atom. The summed E-state index contributed by atoms with van der Waals surface area (Å²) in [7, 11) is 0. The SMILES string of the molecule is Cc1cc(-n2c(C)cc(C(=O)Nc3ccc(Cl)cc3C)c2C)no1. The van der Waals surface area contributed by atoms with Gasteiger partial charge < -0.3 is 9.84 Å². The van der Waals surface area contributed by atoms with Gasteiger partial charge in [-0.1, -0.05) is 16.8 Å². The highest BCUT2D eigenvalue weighted by Crippen LogP contribution is 2.24. The average molecular weight is 344 g/mol. The van der Waals surface area contributed by atoms with E-state index in [4.69, 9.17) is 16.1 Å². The minimum absolute atomic E-state index is 0.167. The van der Waals surface area contributed by atoms with E-state index in [1.54, 1.807) is 12.1 Å². The van der Waals surface area contributed by atoms with Crippen molar-refractivity contribution in [2.24, 2.45) is 0 Å². The van der Waals surface area contributed by atoms with E-state index in [9.17, 15) is 4.79 Å². The molecule has 5 nitrogen and oxygen atoms in total. The van der Waals surface area contributed by atoms with Crippen LogP contribution in [0.15, 0.2) is 34.9 Å². The van der Waals surface area contributed by atoms with Crippen molar-refractivity contribution in [1.82, 2.24) is 9.72 Å². The second-order valence-electron chi connectivity index (χ2n) is 5.83. The molecular formula is C18H18ClN3O2. The standard InChI is InChI=1S/C18H18ClN3O2/c1-10-7-14(19)5-6-16(10)20-18(23)15-8-11(2)22(13(15)4)17-9-12(3)24-21-17/h5-9H,1-4H3,(H,20,23). The maximum absolute atomic E-state index is 12.7. The third-order valence-corrected chi connectivity index (χ3v) is 4.19. The van der Waals surface area contributed by atoms with Crippen LogP contribution in [-0.2, 0) is 0 Å². The molecule has 0 saturated heterocycles. The normalized spacial score (nSPS) is 10.9. The van der Waals surface area contributed by atoms with Crippen molar-refractivity contribution in [1.29, 1.82) is 0 Å². The Bertz CT molecular complexity index is 924. The highest BCUT2D eigenvalue weighted by molar-refractivity contribution is 6.30. The van der Waals surface area contributed by atoms with Gasteiger partial charge in [-0.25, -0.2) is 0 Å². The average Bonchev–Trinajstić information content (AvgIpc) is 3.05. The molecule has 0 radical (unpaired) electrons. The summed E-state index contributed by atoms with van der Waals surface area (Å²) in [5.41, 5.74) is 3.98. The molecule has 0 bridgehead atoms. The van der Waals surface area contributed by atoms with E-state index in [1.165, 1.54) is 0 Å². The number of benzene rings is 1. The molecule has 0 fully saturated rings. The number of nitrogens with zero attached hydrogens (tertiary/aromatic N) is 2. The third kappa shape index (κ3) is 2.95. The van der Waals surface area contributed by atoms with Crippen molar-refractivity contribution >= 4 is 23.2 Å². The molecule has 0 spiro atoms. The Morgan fingerprint density at radius 1 is 1.17 bits per heavy atom. The maximum atomic E-state index is 12.7. The lowest BCUT2D eigenvalue weighted by Gasteiger charge is -2.09. The van der Waals surface area contributed by atoms with Crippen LogP contribution in [0.5, 0.6) is 0 Å². The zero-order valence-corrected chi connectivity index (χ0v) is 14.7. The molecule has 0 saturated carbocycles. The van der Waals surface area contributed by atoms with E-state index in [-0.39, 0.29) is 5.91 Å². The number of aryl methyl sites for hydroxylation is 3. The van der Waals surface area contributed by atoms with Gasteiger partial charge in [-0.15, -0.1) is 0 Å². The number of aromatic nitrogens is 2. The summed E-state index contributed by atoms with van der Waals surface area (Å²) >= 11 is 5.96. The van der Waals surface area contributed by atoms with E-state index in [1.807, 2.05) is 50.5 Å². The number of amides is 1. The van der Waals surface area contributed by atoms with Crippen LogP contribution in [0.2, 0.25) is 5.02 Å². The number of carbonyl (C=O) groups is 1. The summed E-state index contributed by atoms with van der Waals surface area (Å²) in [6, 6.07) is 9.06. The molecule has 0 aliphatic rings. The van der Waals surface area contributed by atoms with Crippen molar-refractivity contribution in [2.45, 2.75) is 27.7 Å². The van der Waals surface area contributed by atoms with Crippen molar-refractivity contribution in [3.63, 3.8) is 0 Å². The number of rotatable bonds is 3. The van der Waals surface area contributed by atoms with Gasteiger partial charge >= 0.3 is 0 Å². The summed E-state index contributed by atoms with van der Waals surface area (Å²) in [6.07, 6.45) is 0. The fourth-order valence-electron chi connectivity index (χ4n) is 2.76. The van der Waals surface area contributed by atoms with E-state index < -0.39 is 0 Å². The van der Waals surface area contributed by atoms with E-state index in [0.29, 0.717) is 16.4 Å². The van der Waals surface area contributed by atoms with Crippen molar-refractivity contribution in [3.8, 4) is 5.82 Å². The largest absolute Gasteiger partial charge is 0.360 e. The lowest BCUT2D eigenvalue weighted by Crippen LogP contribution is -2.14. The zero-order valence-electron chi connectivity index (χ0n) is 14.0. The van der Waals surface area contributed by atoms with Gasteiger partial charge in [0.25, 0.3) is 5.91 Å². The molecule has 24 heavy (non-hydrogen) atoms. The summed E-state index contributed by atoms with van der Waals surface area (Å²) in [5, 5.41) is 7.61. The smallest absolute Gasteiger partial charge is 0.257 e. The Balaban J connectivity index is 1.94. The highest BCUT2D eigenvalue weighted by Gasteiger charge is 2.19. The van der Waals surface area contributed by atoms with Gasteiger partial charge in [-0.05, 0) is 57.5 Å². The highest BCUT2D eigenvalue weighted by atomic mass is 35.5. The molecule has 0 atom stereocenters. The molecule has 3 rings (SSSR count). The number of anilines is 1. The second-order valence-corrected chi connectivity index (χ2v) is 6.27. The molecular weight excluding hydrogens is 326 g/mol. The first-order chi connectivity index (χ1) is 11.4. The third-order valence-electron chi connectivity index (χ3n) is 3.96. The molecule has 124 valence electrons. The minimum atomic E-state index is -0.167. The summed E-state index contributed by atoms with van der Waals surface area (Å²) in [5.74, 6) is 1.23. The Labute approximate surface area is 145 Å². The van der Waals surface area contributed by atoms with Crippen molar-refractivity contribution in [2.75, 3.05) is 5.32 Å². The quantitative estimate of drug-likeness (QED) is 0.755. The van der Waals surface area contributed by atoms with Crippen LogP contribution >= 0.6 is 11.6 Å². The van der Waals surface area contributed by atoms with Crippen LogP contribution in [0.4, 0.5) is 5.69 Å². The number of nitrogens with one attached hydrogen (secondary N) is 1. The minimum Gasteiger partial charge on any atom is -0.360 e. The lowest BCUT2D eigenvalue weighted by atomic mass is 10.1. The monoisotopic (exact) mass is 343 g/mol. The fourth-order valence-corrected chi connectivity index (χ4v) is 2.99. The van der Waals surface area contributed by atoms with Crippen LogP contribution in [-0.4, -0.2) is 15.6 Å². The molecule has 2 aromatic heterocycles. The van der Waals surface area contributed by atoms with E-state index in [2.05, 4.69) is 10.5 Å². The topological polar surface area (TPSA) is 60.1 Å². The van der Waals surface area contributed by atoms with E-state index in [0.717, 1.165) is 28.4 Å². The molecule has 1 N–H and O–H groups in total. The fraction of sp³-hybridized carbons (Fsp3) is 0.222. The van der Waals surface area contributed by atoms with Gasteiger partial charge in [-0.2, -0.15) is 0 Å². The Hall–Kier alpha value is -2.53. The molecule has 6 heteroatoms. The van der Waals surface area contributed by atoms with Gasteiger partial charge in [0.2, 0.25) is 0 Å². The molecule has 2 heterocycles. The van der Waals surface area contributed by atoms with Gasteiger partial charge in [0.05, 0.1) is 5.56 Å². The molecule has 0 aliphatic carbocycles. The van der Waals surface area contributed by atoms with Crippen LogP contribution in [0.3, 0.4) is 0 Å². The zero-order chi connectivity index (χ0) is 17.4. The van der Waals surface area contributed by atoms with Crippen LogP contribution < -0.4 is 5.32 Å². The number of carbonyl (C=O) groups excluding carboxylic acids is 1. The van der Waals surface area contributed by atoms with E-state index >= 15 is 0 Å². The molecule has 0 aliphatic heterocycles. The summed E-state index contributed by atoms with van der Waals surface area (Å²) in [4.78, 5) is 12.7. The predicted molar refractivity (Wildman–Crippen MR) is 94.2 cm³/mol. The first-order valence-electron chi connectivity index (χ1n) is 7.57. The molecule has 1 aromatic carbocycles. The van der Waals surface area contributed by atoms with Gasteiger partial charge in [-0.3, -0.25) is 9.36 Å². The summed E-state index contributed by atoms with van der Waals surface area (Å²) in [6.45, 7) is 7.56.